The van der Waals surface area contributed by atoms with Gasteiger partial charge in [-0.25, -0.2) is 8.42 Å². The summed E-state index contributed by atoms with van der Waals surface area (Å²) in [5, 5.41) is 20.6. The van der Waals surface area contributed by atoms with E-state index in [1.54, 1.807) is 6.07 Å². The molecule has 1 aliphatic heterocycles. The number of hydrogen-bond acceptors (Lipinski definition) is 6. The van der Waals surface area contributed by atoms with Gasteiger partial charge in [-0.15, -0.1) is 0 Å². The minimum atomic E-state index is -6.08. The molecule has 8 nitrogen and oxygen atoms in total. The number of sulfone groups is 1. The number of carbonyl (C=O) groups excluding carboxylic acids is 2. The number of anilines is 1. The summed E-state index contributed by atoms with van der Waals surface area (Å²) in [4.78, 5) is 26.9. The van der Waals surface area contributed by atoms with Crippen LogP contribution >= 0.6 is 0 Å². The molecule has 3 rings (SSSR count). The molecule has 1 atom stereocenters. The lowest BCUT2D eigenvalue weighted by Gasteiger charge is -2.32. The van der Waals surface area contributed by atoms with E-state index in [0.717, 1.165) is 23.3 Å². The SMILES string of the molecule is CS(=O)(=O)c1ccc2c(c1)CN(C(=O)CCC#N)C2C(=O)Nc1ccc(C(O)(C(F)(F)F)C(F)(F)F)cc1. The number of amides is 2. The van der Waals surface area contributed by atoms with Crippen molar-refractivity contribution in [3.05, 3.63) is 59.2 Å². The van der Waals surface area contributed by atoms with Gasteiger partial charge < -0.3 is 15.3 Å². The van der Waals surface area contributed by atoms with Crippen LogP contribution in [0.1, 0.15) is 35.6 Å². The molecule has 0 aromatic heterocycles. The van der Waals surface area contributed by atoms with E-state index in [-0.39, 0.29) is 35.5 Å². The second-order valence-corrected chi connectivity index (χ2v) is 10.5. The van der Waals surface area contributed by atoms with Crippen LogP contribution in [0, 0.1) is 11.3 Å². The number of fused-ring (bicyclic) bond motifs is 1. The number of nitrogens with zero attached hydrogens (tertiary/aromatic N) is 2. The smallest absolute Gasteiger partial charge is 0.369 e. The van der Waals surface area contributed by atoms with Gasteiger partial charge in [0.05, 0.1) is 11.0 Å². The average Bonchev–Trinajstić information content (AvgIpc) is 3.19. The minimum absolute atomic E-state index is 0.0702. The van der Waals surface area contributed by atoms with Gasteiger partial charge in [0.25, 0.3) is 11.5 Å². The molecule has 2 N–H and O–H groups in total. The fourth-order valence-electron chi connectivity index (χ4n) is 3.97. The summed E-state index contributed by atoms with van der Waals surface area (Å²) < 4.78 is 103. The van der Waals surface area contributed by atoms with Crippen molar-refractivity contribution in [3.8, 4) is 6.07 Å². The zero-order valence-corrected chi connectivity index (χ0v) is 20.2. The maximum atomic E-state index is 13.2. The Morgan fingerprint density at radius 2 is 1.66 bits per heavy atom. The van der Waals surface area contributed by atoms with Crippen LogP contribution in [0.25, 0.3) is 0 Å². The standard InChI is InChI=1S/C23H19F6N3O5S/c1-38(36,37)16-8-9-17-13(11-16)12-32(18(33)3-2-10-30)19(17)20(34)31-15-6-4-14(5-7-15)21(35,22(24,25)26)23(27,28)29/h4-9,11,19,35H,2-3,12H2,1H3,(H,31,34). The van der Waals surface area contributed by atoms with Crippen LogP contribution in [0.2, 0.25) is 0 Å². The molecule has 0 bridgehead atoms. The van der Waals surface area contributed by atoms with Gasteiger partial charge in [0.2, 0.25) is 5.91 Å². The third-order valence-electron chi connectivity index (χ3n) is 5.90. The predicted octanol–water partition coefficient (Wildman–Crippen LogP) is 3.73. The first kappa shape index (κ1) is 28.9. The van der Waals surface area contributed by atoms with Crippen molar-refractivity contribution in [1.82, 2.24) is 4.90 Å². The zero-order chi connectivity index (χ0) is 28.7. The lowest BCUT2D eigenvalue weighted by Crippen LogP contribution is -2.53. The highest BCUT2D eigenvalue weighted by Crippen LogP contribution is 2.50. The van der Waals surface area contributed by atoms with Crippen LogP contribution < -0.4 is 5.32 Å². The van der Waals surface area contributed by atoms with E-state index >= 15 is 0 Å². The van der Waals surface area contributed by atoms with Crippen molar-refractivity contribution in [2.75, 3.05) is 11.6 Å². The summed E-state index contributed by atoms with van der Waals surface area (Å²) in [5.41, 5.74) is -6.33. The Kier molecular flexibility index (Phi) is 7.55. The number of nitriles is 1. The topological polar surface area (TPSA) is 128 Å². The Morgan fingerprint density at radius 1 is 1.08 bits per heavy atom. The highest BCUT2D eigenvalue weighted by Gasteiger charge is 2.71. The number of rotatable bonds is 6. The average molecular weight is 563 g/mol. The van der Waals surface area contributed by atoms with Crippen LogP contribution in [0.5, 0.6) is 0 Å². The van der Waals surface area contributed by atoms with E-state index in [4.69, 9.17) is 5.26 Å². The number of benzene rings is 2. The van der Waals surface area contributed by atoms with Crippen molar-refractivity contribution in [2.45, 2.75) is 48.3 Å². The Bertz CT molecular complexity index is 1380. The highest BCUT2D eigenvalue weighted by atomic mass is 32.2. The summed E-state index contributed by atoms with van der Waals surface area (Å²) in [6.07, 6.45) is -11.6. The van der Waals surface area contributed by atoms with Gasteiger partial charge in [0.15, 0.2) is 9.84 Å². The Labute approximate surface area is 212 Å². The number of hydrogen-bond donors (Lipinski definition) is 2. The van der Waals surface area contributed by atoms with Crippen molar-refractivity contribution in [2.24, 2.45) is 0 Å². The number of carbonyl (C=O) groups is 2. The molecule has 1 aliphatic rings. The van der Waals surface area contributed by atoms with Gasteiger partial charge in [-0.05, 0) is 35.4 Å². The summed E-state index contributed by atoms with van der Waals surface area (Å²) >= 11 is 0. The lowest BCUT2D eigenvalue weighted by molar-refractivity contribution is -0.376. The summed E-state index contributed by atoms with van der Waals surface area (Å²) in [5.74, 6) is -1.50. The third-order valence-corrected chi connectivity index (χ3v) is 7.01. The molecule has 0 radical (unpaired) electrons. The van der Waals surface area contributed by atoms with Gasteiger partial charge in [-0.2, -0.15) is 31.6 Å². The van der Waals surface area contributed by atoms with Crippen LogP contribution in [-0.2, 0) is 31.6 Å². The molecule has 0 saturated heterocycles. The normalized spacial score (nSPS) is 16.1. The first-order valence-electron chi connectivity index (χ1n) is 10.7. The predicted molar refractivity (Wildman–Crippen MR) is 119 cm³/mol. The molecule has 2 aromatic carbocycles. The fraction of sp³-hybridized carbons (Fsp3) is 0.348. The number of alkyl halides is 6. The second kappa shape index (κ2) is 9.91. The lowest BCUT2D eigenvalue weighted by atomic mass is 9.92. The molecule has 0 aliphatic carbocycles. The van der Waals surface area contributed by atoms with Gasteiger partial charge in [0, 0.05) is 36.9 Å². The van der Waals surface area contributed by atoms with Crippen LogP contribution in [0.3, 0.4) is 0 Å². The molecule has 2 aromatic rings. The molecule has 2 amide bonds. The van der Waals surface area contributed by atoms with E-state index in [0.29, 0.717) is 17.7 Å². The molecule has 0 spiro atoms. The largest absolute Gasteiger partial charge is 0.430 e. The quantitative estimate of drug-likeness (QED) is 0.516. The monoisotopic (exact) mass is 563 g/mol. The Balaban J connectivity index is 1.94. The third kappa shape index (κ3) is 5.32. The van der Waals surface area contributed by atoms with E-state index in [2.05, 4.69) is 5.32 Å². The summed E-state index contributed by atoms with van der Waals surface area (Å²) in [6, 6.07) is 6.44. The van der Waals surface area contributed by atoms with Crippen molar-refractivity contribution >= 4 is 27.3 Å². The van der Waals surface area contributed by atoms with E-state index in [9.17, 15) is 49.5 Å². The van der Waals surface area contributed by atoms with Crippen molar-refractivity contribution < 1.29 is 49.5 Å². The minimum Gasteiger partial charge on any atom is -0.369 e. The Hall–Kier alpha value is -3.64. The molecule has 1 heterocycles. The van der Waals surface area contributed by atoms with Gasteiger partial charge in [-0.1, -0.05) is 18.2 Å². The van der Waals surface area contributed by atoms with Crippen LogP contribution in [0.4, 0.5) is 32.0 Å². The van der Waals surface area contributed by atoms with Gasteiger partial charge >= 0.3 is 12.4 Å². The summed E-state index contributed by atoms with van der Waals surface area (Å²) in [7, 11) is -3.63. The molecule has 15 heteroatoms. The molecular formula is C23H19F6N3O5S. The maximum Gasteiger partial charge on any atom is 0.430 e. The van der Waals surface area contributed by atoms with Crippen molar-refractivity contribution in [3.63, 3.8) is 0 Å². The van der Waals surface area contributed by atoms with Crippen LogP contribution in [-0.4, -0.2) is 48.8 Å². The maximum absolute atomic E-state index is 13.2. The number of nitrogens with one attached hydrogen (secondary N) is 1. The van der Waals surface area contributed by atoms with E-state index < -0.39 is 51.2 Å². The van der Waals surface area contributed by atoms with E-state index in [1.807, 2.05) is 0 Å². The molecule has 204 valence electrons. The molecule has 1 unspecified atom stereocenters. The first-order valence-corrected chi connectivity index (χ1v) is 12.6. The number of halogens is 6. The molecule has 0 saturated carbocycles. The fourth-order valence-corrected chi connectivity index (χ4v) is 4.65. The highest BCUT2D eigenvalue weighted by molar-refractivity contribution is 7.90. The molecule has 0 fully saturated rings. The zero-order valence-electron chi connectivity index (χ0n) is 19.4. The summed E-state index contributed by atoms with van der Waals surface area (Å²) in [6.45, 7) is -0.176. The van der Waals surface area contributed by atoms with Gasteiger partial charge in [-0.3, -0.25) is 9.59 Å². The van der Waals surface area contributed by atoms with E-state index in [1.165, 1.54) is 18.2 Å². The van der Waals surface area contributed by atoms with Crippen molar-refractivity contribution in [1.29, 1.82) is 5.26 Å². The second-order valence-electron chi connectivity index (χ2n) is 8.49. The number of aliphatic hydroxyl groups is 1. The Morgan fingerprint density at radius 3 is 2.16 bits per heavy atom. The van der Waals surface area contributed by atoms with Crippen LogP contribution in [0.15, 0.2) is 47.4 Å². The first-order chi connectivity index (χ1) is 17.4. The van der Waals surface area contributed by atoms with Gasteiger partial charge in [0.1, 0.15) is 6.04 Å². The molecular weight excluding hydrogens is 544 g/mol. The molecule has 38 heavy (non-hydrogen) atoms.